The average molecular weight is 329 g/mol. The summed E-state index contributed by atoms with van der Waals surface area (Å²) >= 11 is 1.70. The highest BCUT2D eigenvalue weighted by Gasteiger charge is 2.16. The van der Waals surface area contributed by atoms with Crippen LogP contribution in [0.1, 0.15) is 12.0 Å². The normalized spacial score (nSPS) is 17.5. The lowest BCUT2D eigenvalue weighted by Gasteiger charge is -2.09. The highest BCUT2D eigenvalue weighted by Crippen LogP contribution is 2.17. The number of benzene rings is 2. The number of aryl methyl sites for hydroxylation is 1. The molecule has 2 aromatic carbocycles. The van der Waals surface area contributed by atoms with E-state index in [1.165, 1.54) is 16.3 Å². The smallest absolute Gasteiger partial charge is 0.230 e. The molecule has 2 aromatic rings. The highest BCUT2D eigenvalue weighted by molar-refractivity contribution is 7.99. The Morgan fingerprint density at radius 3 is 2.91 bits per heavy atom. The molecule has 122 valence electrons. The molecule has 3 nitrogen and oxygen atoms in total. The summed E-state index contributed by atoms with van der Waals surface area (Å²) in [5, 5.41) is 5.57. The van der Waals surface area contributed by atoms with E-state index in [2.05, 4.69) is 47.8 Å². The van der Waals surface area contributed by atoms with E-state index in [0.717, 1.165) is 38.4 Å². The Labute approximate surface area is 141 Å². The van der Waals surface area contributed by atoms with E-state index < -0.39 is 0 Å². The molecule has 0 saturated carbocycles. The molecule has 0 spiro atoms. The third kappa shape index (κ3) is 4.98. The lowest BCUT2D eigenvalue weighted by molar-refractivity contribution is -0.118. The third-order valence-corrected chi connectivity index (χ3v) is 5.15. The number of carbonyl (C=O) groups excluding carboxylic acids is 1. The zero-order chi connectivity index (χ0) is 15.9. The first-order valence-electron chi connectivity index (χ1n) is 8.21. The Bertz CT molecular complexity index is 653. The Balaban J connectivity index is 1.36. The molecule has 0 aliphatic carbocycles. The number of amides is 1. The predicted molar refractivity (Wildman–Crippen MR) is 96.9 cm³/mol. The quantitative estimate of drug-likeness (QED) is 0.792. The second-order valence-corrected chi connectivity index (χ2v) is 7.12. The number of nitrogens with one attached hydrogen (secondary N) is 1. The maximum atomic E-state index is 11.8. The SMILES string of the molecule is O=C(CSCCc1ccc2ccccc2c1)NCC1CCOC1. The first-order chi connectivity index (χ1) is 11.3. The Morgan fingerprint density at radius 1 is 1.22 bits per heavy atom. The van der Waals surface area contributed by atoms with Gasteiger partial charge in [-0.2, -0.15) is 11.8 Å². The Hall–Kier alpha value is -1.52. The van der Waals surface area contributed by atoms with Crippen molar-refractivity contribution in [1.82, 2.24) is 5.32 Å². The molecule has 1 aliphatic heterocycles. The number of hydrogen-bond acceptors (Lipinski definition) is 3. The zero-order valence-electron chi connectivity index (χ0n) is 13.3. The molecule has 1 heterocycles. The summed E-state index contributed by atoms with van der Waals surface area (Å²) in [6, 6.07) is 15.0. The molecule has 0 radical (unpaired) electrons. The monoisotopic (exact) mass is 329 g/mol. The van der Waals surface area contributed by atoms with Crippen LogP contribution in [0.2, 0.25) is 0 Å². The number of rotatable bonds is 7. The van der Waals surface area contributed by atoms with Crippen LogP contribution in [0, 0.1) is 5.92 Å². The summed E-state index contributed by atoms with van der Waals surface area (Å²) in [5.41, 5.74) is 1.33. The zero-order valence-corrected chi connectivity index (χ0v) is 14.1. The number of thioether (sulfide) groups is 1. The molecule has 1 saturated heterocycles. The number of carbonyl (C=O) groups is 1. The van der Waals surface area contributed by atoms with Gasteiger partial charge in [0.25, 0.3) is 0 Å². The third-order valence-electron chi connectivity index (χ3n) is 4.19. The van der Waals surface area contributed by atoms with E-state index in [-0.39, 0.29) is 5.91 Å². The van der Waals surface area contributed by atoms with Gasteiger partial charge in [0.15, 0.2) is 0 Å². The second-order valence-electron chi connectivity index (χ2n) is 6.02. The van der Waals surface area contributed by atoms with Crippen LogP contribution in [-0.2, 0) is 16.0 Å². The van der Waals surface area contributed by atoms with Gasteiger partial charge in [-0.25, -0.2) is 0 Å². The maximum absolute atomic E-state index is 11.8. The topological polar surface area (TPSA) is 38.3 Å². The van der Waals surface area contributed by atoms with Crippen LogP contribution in [0.3, 0.4) is 0 Å². The summed E-state index contributed by atoms with van der Waals surface area (Å²) in [5.74, 6) is 2.15. The standard InChI is InChI=1S/C19H23NO2S/c21-19(20-12-16-7-9-22-13-16)14-23-10-8-15-5-6-17-3-1-2-4-18(17)11-15/h1-6,11,16H,7-10,12-14H2,(H,20,21). The molecule has 1 N–H and O–H groups in total. The first kappa shape index (κ1) is 16.3. The van der Waals surface area contributed by atoms with Crippen molar-refractivity contribution in [3.05, 3.63) is 48.0 Å². The van der Waals surface area contributed by atoms with Gasteiger partial charge >= 0.3 is 0 Å². The molecule has 1 fully saturated rings. The Kier molecular flexibility index (Phi) is 5.94. The van der Waals surface area contributed by atoms with Gasteiger partial charge in [0.2, 0.25) is 5.91 Å². The van der Waals surface area contributed by atoms with Gasteiger partial charge in [-0.15, -0.1) is 0 Å². The highest BCUT2D eigenvalue weighted by atomic mass is 32.2. The molecule has 0 bridgehead atoms. The second kappa shape index (κ2) is 8.37. The van der Waals surface area contributed by atoms with Crippen molar-refractivity contribution in [1.29, 1.82) is 0 Å². The summed E-state index contributed by atoms with van der Waals surface area (Å²) in [7, 11) is 0. The van der Waals surface area contributed by atoms with Gasteiger partial charge in [-0.3, -0.25) is 4.79 Å². The van der Waals surface area contributed by atoms with Gasteiger partial charge in [0.05, 0.1) is 12.4 Å². The van der Waals surface area contributed by atoms with Gasteiger partial charge in [-0.05, 0) is 34.9 Å². The predicted octanol–water partition coefficient (Wildman–Crippen LogP) is 3.27. The first-order valence-corrected chi connectivity index (χ1v) is 9.36. The van der Waals surface area contributed by atoms with E-state index >= 15 is 0 Å². The van der Waals surface area contributed by atoms with E-state index in [9.17, 15) is 4.79 Å². The van der Waals surface area contributed by atoms with Crippen LogP contribution in [0.5, 0.6) is 0 Å². The van der Waals surface area contributed by atoms with E-state index in [0.29, 0.717) is 11.7 Å². The number of fused-ring (bicyclic) bond motifs is 1. The molecule has 3 rings (SSSR count). The molecule has 0 aromatic heterocycles. The fourth-order valence-electron chi connectivity index (χ4n) is 2.80. The van der Waals surface area contributed by atoms with Crippen LogP contribution < -0.4 is 5.32 Å². The molecular formula is C19H23NO2S. The minimum Gasteiger partial charge on any atom is -0.381 e. The lowest BCUT2D eigenvalue weighted by Crippen LogP contribution is -2.30. The van der Waals surface area contributed by atoms with Crippen LogP contribution >= 0.6 is 11.8 Å². The van der Waals surface area contributed by atoms with Crippen LogP contribution in [-0.4, -0.2) is 37.2 Å². The fraction of sp³-hybridized carbons (Fsp3) is 0.421. The van der Waals surface area contributed by atoms with Gasteiger partial charge in [-0.1, -0.05) is 42.5 Å². The van der Waals surface area contributed by atoms with Crippen molar-refractivity contribution < 1.29 is 9.53 Å². The average Bonchev–Trinajstić information content (AvgIpc) is 3.10. The largest absolute Gasteiger partial charge is 0.381 e. The Morgan fingerprint density at radius 2 is 2.09 bits per heavy atom. The maximum Gasteiger partial charge on any atom is 0.230 e. The van der Waals surface area contributed by atoms with Crippen molar-refractivity contribution in [3.8, 4) is 0 Å². The lowest BCUT2D eigenvalue weighted by atomic mass is 10.1. The van der Waals surface area contributed by atoms with Crippen molar-refractivity contribution in [2.45, 2.75) is 12.8 Å². The minimum atomic E-state index is 0.139. The van der Waals surface area contributed by atoms with E-state index in [4.69, 9.17) is 4.74 Å². The molecule has 1 amide bonds. The fourth-order valence-corrected chi connectivity index (χ4v) is 3.61. The van der Waals surface area contributed by atoms with Crippen LogP contribution in [0.25, 0.3) is 10.8 Å². The van der Waals surface area contributed by atoms with Crippen LogP contribution in [0.4, 0.5) is 0 Å². The van der Waals surface area contributed by atoms with Crippen LogP contribution in [0.15, 0.2) is 42.5 Å². The number of ether oxygens (including phenoxy) is 1. The molecule has 1 unspecified atom stereocenters. The summed E-state index contributed by atoms with van der Waals surface area (Å²) in [6.45, 7) is 2.38. The summed E-state index contributed by atoms with van der Waals surface area (Å²) < 4.78 is 5.31. The summed E-state index contributed by atoms with van der Waals surface area (Å²) in [4.78, 5) is 11.8. The number of hydrogen-bond donors (Lipinski definition) is 1. The van der Waals surface area contributed by atoms with Crippen molar-refractivity contribution in [2.24, 2.45) is 5.92 Å². The van der Waals surface area contributed by atoms with Gasteiger partial charge < -0.3 is 10.1 Å². The van der Waals surface area contributed by atoms with E-state index in [1.54, 1.807) is 11.8 Å². The minimum absolute atomic E-state index is 0.139. The van der Waals surface area contributed by atoms with Crippen molar-refractivity contribution in [3.63, 3.8) is 0 Å². The van der Waals surface area contributed by atoms with E-state index in [1.807, 2.05) is 0 Å². The van der Waals surface area contributed by atoms with Crippen molar-refractivity contribution in [2.75, 3.05) is 31.3 Å². The molecule has 4 heteroatoms. The van der Waals surface area contributed by atoms with Gasteiger partial charge in [0, 0.05) is 19.1 Å². The van der Waals surface area contributed by atoms with Crippen molar-refractivity contribution >= 4 is 28.4 Å². The summed E-state index contributed by atoms with van der Waals surface area (Å²) in [6.07, 6.45) is 2.06. The molecule has 1 atom stereocenters. The molecular weight excluding hydrogens is 306 g/mol. The molecule has 23 heavy (non-hydrogen) atoms. The molecule has 1 aliphatic rings. The van der Waals surface area contributed by atoms with Gasteiger partial charge in [0.1, 0.15) is 0 Å².